The van der Waals surface area contributed by atoms with E-state index in [4.69, 9.17) is 25.8 Å². The Labute approximate surface area is 133 Å². The van der Waals surface area contributed by atoms with Crippen molar-refractivity contribution in [3.63, 3.8) is 0 Å². The summed E-state index contributed by atoms with van der Waals surface area (Å²) in [6.07, 6.45) is -0.592. The zero-order valence-electron chi connectivity index (χ0n) is 12.4. The van der Waals surface area contributed by atoms with Crippen LogP contribution in [-0.2, 0) is 0 Å². The molecule has 1 amide bonds. The van der Waals surface area contributed by atoms with Crippen molar-refractivity contribution in [2.24, 2.45) is 0 Å². The molecule has 7 heteroatoms. The van der Waals surface area contributed by atoms with E-state index in [0.717, 1.165) is 0 Å². The summed E-state index contributed by atoms with van der Waals surface area (Å²) in [5.74, 6) is 1.56. The van der Waals surface area contributed by atoms with Crippen LogP contribution in [0.15, 0.2) is 36.4 Å². The minimum Gasteiger partial charge on any atom is -0.495 e. The smallest absolute Gasteiger partial charge is 0.420 e. The van der Waals surface area contributed by atoms with Gasteiger partial charge in [0.2, 0.25) is 5.88 Å². The van der Waals surface area contributed by atoms with Crippen LogP contribution in [0.3, 0.4) is 0 Å². The van der Waals surface area contributed by atoms with Gasteiger partial charge in [0.05, 0.1) is 19.2 Å². The molecule has 0 atom stereocenters. The second-order valence-electron chi connectivity index (χ2n) is 4.26. The molecule has 6 nitrogen and oxygen atoms in total. The van der Waals surface area contributed by atoms with Gasteiger partial charge in [0.25, 0.3) is 0 Å². The molecule has 116 valence electrons. The lowest BCUT2D eigenvalue weighted by molar-refractivity contribution is 0.208. The maximum absolute atomic E-state index is 12.1. The summed E-state index contributed by atoms with van der Waals surface area (Å²) >= 11 is 5.92. The number of methoxy groups -OCH3 is 2. The molecule has 0 radical (unpaired) electrons. The zero-order chi connectivity index (χ0) is 16.1. The van der Waals surface area contributed by atoms with Gasteiger partial charge in [-0.3, -0.25) is 4.90 Å². The number of aromatic nitrogens is 1. The van der Waals surface area contributed by atoms with Gasteiger partial charge in [-0.2, -0.15) is 4.98 Å². The van der Waals surface area contributed by atoms with Crippen molar-refractivity contribution >= 4 is 23.5 Å². The number of rotatable bonds is 4. The zero-order valence-corrected chi connectivity index (χ0v) is 13.1. The van der Waals surface area contributed by atoms with E-state index in [9.17, 15) is 4.79 Å². The van der Waals surface area contributed by atoms with Crippen molar-refractivity contribution in [1.29, 1.82) is 0 Å². The topological polar surface area (TPSA) is 60.9 Å². The van der Waals surface area contributed by atoms with Crippen LogP contribution in [-0.4, -0.2) is 32.3 Å². The van der Waals surface area contributed by atoms with Crippen molar-refractivity contribution in [2.45, 2.75) is 0 Å². The van der Waals surface area contributed by atoms with Crippen LogP contribution in [0.5, 0.6) is 17.4 Å². The molecule has 2 rings (SSSR count). The first-order chi connectivity index (χ1) is 10.5. The Hall–Kier alpha value is -2.47. The molecule has 0 aliphatic rings. The van der Waals surface area contributed by atoms with Crippen LogP contribution in [0.25, 0.3) is 0 Å². The lowest BCUT2D eigenvalue weighted by atomic mass is 10.3. The largest absolute Gasteiger partial charge is 0.495 e. The summed E-state index contributed by atoms with van der Waals surface area (Å²) in [4.78, 5) is 17.6. The van der Waals surface area contributed by atoms with Crippen molar-refractivity contribution in [1.82, 2.24) is 4.98 Å². The first-order valence-electron chi connectivity index (χ1n) is 6.35. The standard InChI is InChI=1S/C15H15ClN2O4/c1-18(13-5-4-6-14(17-13)21-3)15(19)22-10-7-8-11(16)12(9-10)20-2/h4-9H,1-3H3. The molecule has 0 aliphatic heterocycles. The summed E-state index contributed by atoms with van der Waals surface area (Å²) in [6.45, 7) is 0. The number of benzene rings is 1. The van der Waals surface area contributed by atoms with E-state index in [-0.39, 0.29) is 0 Å². The van der Waals surface area contributed by atoms with Crippen LogP contribution in [0.1, 0.15) is 0 Å². The SMILES string of the molecule is COc1cccc(N(C)C(=O)Oc2ccc(Cl)c(OC)c2)n1. The molecule has 0 fully saturated rings. The number of hydrogen-bond donors (Lipinski definition) is 0. The first kappa shape index (κ1) is 15.9. The van der Waals surface area contributed by atoms with Gasteiger partial charge < -0.3 is 14.2 Å². The van der Waals surface area contributed by atoms with E-state index in [0.29, 0.717) is 28.2 Å². The van der Waals surface area contributed by atoms with Crippen LogP contribution < -0.4 is 19.1 Å². The molecule has 0 saturated heterocycles. The van der Waals surface area contributed by atoms with E-state index in [2.05, 4.69) is 4.98 Å². The summed E-state index contributed by atoms with van der Waals surface area (Å²) < 4.78 is 15.4. The Bertz CT molecular complexity index is 678. The maximum Gasteiger partial charge on any atom is 0.420 e. The second kappa shape index (κ2) is 7.00. The molecule has 0 bridgehead atoms. The Morgan fingerprint density at radius 1 is 1.18 bits per heavy atom. The van der Waals surface area contributed by atoms with Crippen LogP contribution >= 0.6 is 11.6 Å². The normalized spacial score (nSPS) is 10.0. The van der Waals surface area contributed by atoms with E-state index >= 15 is 0 Å². The molecular formula is C15H15ClN2O4. The molecule has 0 unspecified atom stereocenters. The fraction of sp³-hybridized carbons (Fsp3) is 0.200. The lowest BCUT2D eigenvalue weighted by Crippen LogP contribution is -2.30. The molecule has 2 aromatic rings. The second-order valence-corrected chi connectivity index (χ2v) is 4.67. The van der Waals surface area contributed by atoms with Crippen molar-refractivity contribution in [3.8, 4) is 17.4 Å². The highest BCUT2D eigenvalue weighted by atomic mass is 35.5. The van der Waals surface area contributed by atoms with Gasteiger partial charge in [0.15, 0.2) is 0 Å². The Kier molecular flexibility index (Phi) is 5.06. The minimum atomic E-state index is -0.592. The van der Waals surface area contributed by atoms with Crippen LogP contribution in [0, 0.1) is 0 Å². The van der Waals surface area contributed by atoms with E-state index < -0.39 is 6.09 Å². The monoisotopic (exact) mass is 322 g/mol. The highest BCUT2D eigenvalue weighted by molar-refractivity contribution is 6.32. The quantitative estimate of drug-likeness (QED) is 0.863. The number of pyridine rings is 1. The molecule has 0 spiro atoms. The number of anilines is 1. The van der Waals surface area contributed by atoms with Gasteiger partial charge in [-0.15, -0.1) is 0 Å². The first-order valence-corrected chi connectivity index (χ1v) is 6.73. The highest BCUT2D eigenvalue weighted by Gasteiger charge is 2.16. The van der Waals surface area contributed by atoms with E-state index in [1.807, 2.05) is 0 Å². The predicted octanol–water partition coefficient (Wildman–Crippen LogP) is 3.39. The Morgan fingerprint density at radius 2 is 1.95 bits per heavy atom. The van der Waals surface area contributed by atoms with Gasteiger partial charge in [0, 0.05) is 19.2 Å². The van der Waals surface area contributed by atoms with Crippen LogP contribution in [0.2, 0.25) is 5.02 Å². The van der Waals surface area contributed by atoms with Gasteiger partial charge >= 0.3 is 6.09 Å². The number of carbonyl (C=O) groups excluding carboxylic acids is 1. The molecule has 0 aliphatic carbocycles. The van der Waals surface area contributed by atoms with Crippen LogP contribution in [0.4, 0.5) is 10.6 Å². The van der Waals surface area contributed by atoms with Gasteiger partial charge in [-0.05, 0) is 18.2 Å². The Morgan fingerprint density at radius 3 is 2.64 bits per heavy atom. The third-order valence-corrected chi connectivity index (χ3v) is 3.18. The lowest BCUT2D eigenvalue weighted by Gasteiger charge is -2.16. The number of hydrogen-bond acceptors (Lipinski definition) is 5. The maximum atomic E-state index is 12.1. The summed E-state index contributed by atoms with van der Waals surface area (Å²) in [6, 6.07) is 9.80. The van der Waals surface area contributed by atoms with Gasteiger partial charge in [0.1, 0.15) is 17.3 Å². The molecular weight excluding hydrogens is 308 g/mol. The van der Waals surface area contributed by atoms with Gasteiger partial charge in [-0.25, -0.2) is 4.79 Å². The van der Waals surface area contributed by atoms with E-state index in [1.165, 1.54) is 25.2 Å². The molecule has 22 heavy (non-hydrogen) atoms. The summed E-state index contributed by atoms with van der Waals surface area (Å²) in [5, 5.41) is 0.435. The summed E-state index contributed by atoms with van der Waals surface area (Å²) in [7, 11) is 4.54. The molecule has 0 N–H and O–H groups in total. The average Bonchev–Trinajstić information content (AvgIpc) is 2.55. The fourth-order valence-corrected chi connectivity index (χ4v) is 1.87. The van der Waals surface area contributed by atoms with Crippen molar-refractivity contribution in [3.05, 3.63) is 41.4 Å². The molecule has 0 saturated carbocycles. The molecule has 1 aromatic heterocycles. The number of carbonyl (C=O) groups is 1. The van der Waals surface area contributed by atoms with Crippen molar-refractivity contribution < 1.29 is 19.0 Å². The number of nitrogens with zero attached hydrogens (tertiary/aromatic N) is 2. The number of halogens is 1. The van der Waals surface area contributed by atoms with Crippen molar-refractivity contribution in [2.75, 3.05) is 26.2 Å². The fourth-order valence-electron chi connectivity index (χ4n) is 1.67. The molecule has 1 aromatic carbocycles. The van der Waals surface area contributed by atoms with E-state index in [1.54, 1.807) is 37.4 Å². The highest BCUT2D eigenvalue weighted by Crippen LogP contribution is 2.29. The summed E-state index contributed by atoms with van der Waals surface area (Å²) in [5.41, 5.74) is 0. The third kappa shape index (κ3) is 3.59. The third-order valence-electron chi connectivity index (χ3n) is 2.86. The number of ether oxygens (including phenoxy) is 3. The van der Waals surface area contributed by atoms with Gasteiger partial charge in [-0.1, -0.05) is 17.7 Å². The number of amides is 1. The minimum absolute atomic E-state index is 0.320. The Balaban J connectivity index is 2.14. The predicted molar refractivity (Wildman–Crippen MR) is 83.2 cm³/mol. The molecule has 1 heterocycles. The average molecular weight is 323 g/mol.